The van der Waals surface area contributed by atoms with Gasteiger partial charge in [-0.15, -0.1) is 0 Å². The Labute approximate surface area is 163 Å². The monoisotopic (exact) mass is 469 g/mol. The third kappa shape index (κ3) is 5.27. The van der Waals surface area contributed by atoms with Crippen LogP contribution in [0.2, 0.25) is 0 Å². The molecule has 0 bridgehead atoms. The molecule has 5 atom stereocenters. The van der Waals surface area contributed by atoms with Gasteiger partial charge in [-0.3, -0.25) is 4.90 Å². The summed E-state index contributed by atoms with van der Waals surface area (Å²) in [6.45, 7) is -3.64. The molecule has 15 heteroatoms. The Bertz CT molecular complexity index is 559. The second-order valence-electron chi connectivity index (χ2n) is 6.90. The lowest BCUT2D eigenvalue weighted by atomic mass is 9.94. The van der Waals surface area contributed by atoms with Crippen molar-refractivity contribution in [3.63, 3.8) is 0 Å². The van der Waals surface area contributed by atoms with E-state index in [9.17, 15) is 48.3 Å². The predicted octanol–water partition coefficient (Wildman–Crippen LogP) is 3.59. The Morgan fingerprint density at radius 2 is 1.40 bits per heavy atom. The van der Waals surface area contributed by atoms with Crippen LogP contribution in [0.25, 0.3) is 0 Å². The van der Waals surface area contributed by atoms with Gasteiger partial charge in [0.15, 0.2) is 6.30 Å². The van der Waals surface area contributed by atoms with E-state index in [2.05, 4.69) is 9.47 Å². The number of nitrogens with zero attached hydrogens (tertiary/aromatic N) is 1. The highest BCUT2D eigenvalue weighted by Gasteiger charge is 2.69. The second kappa shape index (κ2) is 8.90. The molecule has 0 radical (unpaired) electrons. The van der Waals surface area contributed by atoms with Crippen molar-refractivity contribution >= 4 is 0 Å². The van der Waals surface area contributed by atoms with E-state index in [4.69, 9.17) is 4.74 Å². The molecule has 2 heterocycles. The molecular weight excluding hydrogens is 451 g/mol. The summed E-state index contributed by atoms with van der Waals surface area (Å²) in [5.41, 5.74) is -4.62. The number of halogens is 11. The second-order valence-corrected chi connectivity index (χ2v) is 6.90. The molecule has 2 rings (SSSR count). The topological polar surface area (TPSA) is 30.9 Å². The Morgan fingerprint density at radius 1 is 0.833 bits per heavy atom. The third-order valence-corrected chi connectivity index (χ3v) is 4.74. The molecule has 0 spiro atoms. The fourth-order valence-electron chi connectivity index (χ4n) is 3.09. The zero-order valence-corrected chi connectivity index (χ0v) is 15.1. The molecule has 2 fully saturated rings. The van der Waals surface area contributed by atoms with Crippen LogP contribution in [0.4, 0.5) is 48.3 Å². The average Bonchev–Trinajstić information content (AvgIpc) is 2.65. The van der Waals surface area contributed by atoms with Crippen LogP contribution < -0.4 is 0 Å². The number of hydrogen-bond donors (Lipinski definition) is 0. The molecule has 0 aliphatic carbocycles. The van der Waals surface area contributed by atoms with Crippen LogP contribution >= 0.6 is 0 Å². The van der Waals surface area contributed by atoms with E-state index >= 15 is 0 Å². The summed E-state index contributed by atoms with van der Waals surface area (Å²) < 4.78 is 160. The molecule has 0 saturated carbocycles. The van der Waals surface area contributed by atoms with Gasteiger partial charge in [-0.2, -0.15) is 26.3 Å². The van der Waals surface area contributed by atoms with E-state index in [-0.39, 0.29) is 26.3 Å². The average molecular weight is 469 g/mol. The zero-order chi connectivity index (χ0) is 23.0. The van der Waals surface area contributed by atoms with Crippen LogP contribution in [0.5, 0.6) is 0 Å². The van der Waals surface area contributed by atoms with Crippen LogP contribution in [0.3, 0.4) is 0 Å². The summed E-state index contributed by atoms with van der Waals surface area (Å²) in [5.74, 6) is -4.97. The van der Waals surface area contributed by atoms with Crippen LogP contribution in [-0.4, -0.2) is 93.0 Å². The van der Waals surface area contributed by atoms with Gasteiger partial charge in [-0.25, -0.2) is 22.0 Å². The standard InChI is InChI=1S/C15H18F11NO3/c16-10(14(21,22)23)12(18,19)5-8-6-30-9(7-29-8)13(20,15(24,25)26)11(17)27-1-3-28-4-2-27/h8-11H,1-7H2. The first-order valence-electron chi connectivity index (χ1n) is 8.64. The minimum absolute atomic E-state index is 0.156. The van der Waals surface area contributed by atoms with Gasteiger partial charge >= 0.3 is 12.4 Å². The minimum Gasteiger partial charge on any atom is -0.379 e. The highest BCUT2D eigenvalue weighted by molar-refractivity contribution is 5.02. The van der Waals surface area contributed by atoms with Gasteiger partial charge in [0.25, 0.3) is 17.8 Å². The van der Waals surface area contributed by atoms with E-state index in [1.54, 1.807) is 0 Å². The van der Waals surface area contributed by atoms with Crippen LogP contribution in [0, 0.1) is 0 Å². The molecule has 0 amide bonds. The molecule has 4 nitrogen and oxygen atoms in total. The highest BCUT2D eigenvalue weighted by atomic mass is 19.4. The maximum Gasteiger partial charge on any atom is 0.429 e. The molecule has 0 aromatic rings. The van der Waals surface area contributed by atoms with Crippen molar-refractivity contribution in [1.82, 2.24) is 4.90 Å². The van der Waals surface area contributed by atoms with Crippen molar-refractivity contribution in [2.45, 2.75) is 55.0 Å². The quantitative estimate of drug-likeness (QED) is 0.440. The SMILES string of the molecule is FC(C(F)(F)F)C(F)(F)CC1COC(C(F)(C(F)N2CCOCC2)C(F)(F)F)CO1. The summed E-state index contributed by atoms with van der Waals surface area (Å²) >= 11 is 0. The Kier molecular flexibility index (Phi) is 7.52. The molecular formula is C15H18F11NO3. The fourth-order valence-corrected chi connectivity index (χ4v) is 3.09. The summed E-state index contributed by atoms with van der Waals surface area (Å²) in [4.78, 5) is 0.525. The Morgan fingerprint density at radius 3 is 1.83 bits per heavy atom. The number of morpholine rings is 1. The Hall–Kier alpha value is -0.930. The Balaban J connectivity index is 2.07. The fraction of sp³-hybridized carbons (Fsp3) is 1.00. The minimum atomic E-state index is -5.88. The smallest absolute Gasteiger partial charge is 0.379 e. The van der Waals surface area contributed by atoms with Gasteiger partial charge in [0.2, 0.25) is 0 Å². The lowest BCUT2D eigenvalue weighted by Gasteiger charge is -2.44. The first-order chi connectivity index (χ1) is 13.6. The van der Waals surface area contributed by atoms with Crippen molar-refractivity contribution in [2.75, 3.05) is 39.5 Å². The lowest BCUT2D eigenvalue weighted by molar-refractivity contribution is -0.326. The van der Waals surface area contributed by atoms with Crippen molar-refractivity contribution in [1.29, 1.82) is 0 Å². The molecule has 0 aromatic carbocycles. The summed E-state index contributed by atoms with van der Waals surface area (Å²) in [6, 6.07) is 0. The number of rotatable bonds is 6. The molecule has 0 aromatic heterocycles. The van der Waals surface area contributed by atoms with E-state index < -0.39 is 68.3 Å². The van der Waals surface area contributed by atoms with Gasteiger partial charge < -0.3 is 14.2 Å². The number of hydrogen-bond acceptors (Lipinski definition) is 4. The highest BCUT2D eigenvalue weighted by Crippen LogP contribution is 2.45. The summed E-state index contributed by atoms with van der Waals surface area (Å²) in [6.07, 6.45) is -25.9. The maximum atomic E-state index is 15.0. The van der Waals surface area contributed by atoms with Crippen LogP contribution in [-0.2, 0) is 14.2 Å². The van der Waals surface area contributed by atoms with Crippen molar-refractivity contribution < 1.29 is 62.5 Å². The number of ether oxygens (including phenoxy) is 3. The van der Waals surface area contributed by atoms with Crippen LogP contribution in [0.1, 0.15) is 6.42 Å². The van der Waals surface area contributed by atoms with Crippen molar-refractivity contribution in [3.8, 4) is 0 Å². The lowest BCUT2D eigenvalue weighted by Crippen LogP contribution is -2.66. The molecule has 2 aliphatic rings. The third-order valence-electron chi connectivity index (χ3n) is 4.74. The van der Waals surface area contributed by atoms with Crippen molar-refractivity contribution in [2.24, 2.45) is 0 Å². The van der Waals surface area contributed by atoms with E-state index in [0.29, 0.717) is 4.90 Å². The van der Waals surface area contributed by atoms with Gasteiger partial charge in [0.1, 0.15) is 6.10 Å². The maximum absolute atomic E-state index is 15.0. The van der Waals surface area contributed by atoms with Crippen molar-refractivity contribution in [3.05, 3.63) is 0 Å². The van der Waals surface area contributed by atoms with E-state index in [1.165, 1.54) is 0 Å². The van der Waals surface area contributed by atoms with E-state index in [1.807, 2.05) is 0 Å². The molecule has 178 valence electrons. The first-order valence-corrected chi connectivity index (χ1v) is 8.64. The summed E-state index contributed by atoms with van der Waals surface area (Å²) in [7, 11) is 0. The van der Waals surface area contributed by atoms with Gasteiger partial charge in [-0.1, -0.05) is 0 Å². The predicted molar refractivity (Wildman–Crippen MR) is 77.2 cm³/mol. The molecule has 30 heavy (non-hydrogen) atoms. The first kappa shape index (κ1) is 25.3. The van der Waals surface area contributed by atoms with E-state index in [0.717, 1.165) is 0 Å². The largest absolute Gasteiger partial charge is 0.429 e. The van der Waals surface area contributed by atoms with Gasteiger partial charge in [0, 0.05) is 19.5 Å². The number of alkyl halides is 11. The van der Waals surface area contributed by atoms with Crippen LogP contribution in [0.15, 0.2) is 0 Å². The normalized spacial score (nSPS) is 29.3. The van der Waals surface area contributed by atoms with Gasteiger partial charge in [-0.05, 0) is 0 Å². The molecule has 0 N–H and O–H groups in total. The molecule has 5 unspecified atom stereocenters. The zero-order valence-electron chi connectivity index (χ0n) is 15.1. The molecule has 2 saturated heterocycles. The molecule has 2 aliphatic heterocycles. The van der Waals surface area contributed by atoms with Gasteiger partial charge in [0.05, 0.1) is 32.5 Å². The summed E-state index contributed by atoms with van der Waals surface area (Å²) in [5, 5.41) is 0.